The Morgan fingerprint density at radius 3 is 1.27 bits per heavy atom. The Morgan fingerprint density at radius 2 is 0.962 bits per heavy atom. The lowest BCUT2D eigenvalue weighted by atomic mass is 9.61. The fourth-order valence-electron chi connectivity index (χ4n) is 5.90. The highest BCUT2D eigenvalue weighted by Gasteiger charge is 2.38. The van der Waals surface area contributed by atoms with Gasteiger partial charge < -0.3 is 0 Å². The molecule has 1 fully saturated rings. The van der Waals surface area contributed by atoms with Crippen LogP contribution in [0, 0.1) is 53.3 Å². The van der Waals surface area contributed by atoms with Gasteiger partial charge >= 0.3 is 0 Å². The van der Waals surface area contributed by atoms with E-state index in [-0.39, 0.29) is 0 Å². The zero-order valence-corrected chi connectivity index (χ0v) is 19.9. The molecule has 0 aromatic heterocycles. The van der Waals surface area contributed by atoms with Crippen molar-refractivity contribution in [2.45, 2.75) is 114 Å². The summed E-state index contributed by atoms with van der Waals surface area (Å²) in [4.78, 5) is 0. The van der Waals surface area contributed by atoms with E-state index < -0.39 is 0 Å². The molecule has 1 aliphatic carbocycles. The van der Waals surface area contributed by atoms with Gasteiger partial charge in [0.05, 0.1) is 0 Å². The molecule has 26 heavy (non-hydrogen) atoms. The minimum absolute atomic E-state index is 0.814. The molecule has 0 heteroatoms. The molecule has 1 rings (SSSR count). The van der Waals surface area contributed by atoms with Crippen molar-refractivity contribution in [2.24, 2.45) is 53.3 Å². The summed E-state index contributed by atoms with van der Waals surface area (Å²) in [5.41, 5.74) is 0. The van der Waals surface area contributed by atoms with Crippen molar-refractivity contribution >= 4 is 0 Å². The van der Waals surface area contributed by atoms with Gasteiger partial charge in [0.1, 0.15) is 0 Å². The van der Waals surface area contributed by atoms with Crippen molar-refractivity contribution < 1.29 is 0 Å². The maximum atomic E-state index is 2.55. The molecule has 6 atom stereocenters. The summed E-state index contributed by atoms with van der Waals surface area (Å²) in [5, 5.41) is 0. The summed E-state index contributed by atoms with van der Waals surface area (Å²) in [6.45, 7) is 22.6. The summed E-state index contributed by atoms with van der Waals surface area (Å²) < 4.78 is 0. The van der Waals surface area contributed by atoms with Crippen LogP contribution in [0.25, 0.3) is 0 Å². The second kappa shape index (κ2) is 11.8. The predicted octanol–water partition coefficient (Wildman–Crippen LogP) is 8.85. The van der Waals surface area contributed by atoms with Gasteiger partial charge in [-0.25, -0.2) is 0 Å². The SMILES string of the molecule is CCC(C)C1CC(C)CCC(C)CCC(C)CC(C(C)CC)C1C(C)C. The van der Waals surface area contributed by atoms with Crippen LogP contribution in [0.1, 0.15) is 114 Å². The zero-order valence-electron chi connectivity index (χ0n) is 19.9. The molecule has 1 saturated carbocycles. The molecule has 1 aliphatic rings. The Hall–Kier alpha value is 0. The Kier molecular flexibility index (Phi) is 10.9. The first-order valence-corrected chi connectivity index (χ1v) is 12.2. The monoisotopic (exact) mass is 364 g/mol. The van der Waals surface area contributed by atoms with Crippen LogP contribution in [0.3, 0.4) is 0 Å². The smallest absolute Gasteiger partial charge is 0.0329 e. The zero-order chi connectivity index (χ0) is 19.9. The van der Waals surface area contributed by atoms with Gasteiger partial charge in [0.15, 0.2) is 0 Å². The van der Waals surface area contributed by atoms with Crippen LogP contribution in [-0.2, 0) is 0 Å². The summed E-state index contributed by atoms with van der Waals surface area (Å²) in [6.07, 6.45) is 11.4. The molecule has 0 radical (unpaired) electrons. The highest BCUT2D eigenvalue weighted by atomic mass is 14.4. The van der Waals surface area contributed by atoms with E-state index in [9.17, 15) is 0 Å². The van der Waals surface area contributed by atoms with E-state index in [1.54, 1.807) is 0 Å². The molecule has 156 valence electrons. The molecule has 0 heterocycles. The van der Waals surface area contributed by atoms with Gasteiger partial charge in [-0.15, -0.1) is 0 Å². The molecule has 6 unspecified atom stereocenters. The van der Waals surface area contributed by atoms with Crippen LogP contribution in [0.5, 0.6) is 0 Å². The van der Waals surface area contributed by atoms with Crippen LogP contribution in [0.4, 0.5) is 0 Å². The van der Waals surface area contributed by atoms with Gasteiger partial charge in [-0.1, -0.05) is 101 Å². The molecule has 0 spiro atoms. The first kappa shape index (κ1) is 24.0. The van der Waals surface area contributed by atoms with E-state index in [2.05, 4.69) is 62.3 Å². The van der Waals surface area contributed by atoms with Crippen LogP contribution in [-0.4, -0.2) is 0 Å². The molecule has 0 aromatic carbocycles. The van der Waals surface area contributed by atoms with E-state index in [0.717, 1.165) is 53.3 Å². The Labute approximate surface area is 167 Å². The number of hydrogen-bond donors (Lipinski definition) is 0. The van der Waals surface area contributed by atoms with Crippen molar-refractivity contribution in [3.05, 3.63) is 0 Å². The van der Waals surface area contributed by atoms with Crippen molar-refractivity contribution in [1.82, 2.24) is 0 Å². The molecule has 0 aliphatic heterocycles. The maximum absolute atomic E-state index is 2.55. The second-order valence-corrected chi connectivity index (χ2v) is 10.9. The Bertz CT molecular complexity index is 327. The lowest BCUT2D eigenvalue weighted by Gasteiger charge is -2.44. The lowest BCUT2D eigenvalue weighted by Crippen LogP contribution is -2.37. The average Bonchev–Trinajstić information content (AvgIpc) is 2.60. The minimum atomic E-state index is 0.814. The standard InChI is InChI=1S/C26H52/c1-10-22(8)24-16-20(6)14-12-19(5)13-15-21(7)17-25(23(9)11-2)26(24)18(3)4/h18-26H,10-17H2,1-9H3. The fraction of sp³-hybridized carbons (Fsp3) is 1.00. The molecule has 0 saturated heterocycles. The molecule has 0 bridgehead atoms. The largest absolute Gasteiger partial charge is 0.0651 e. The molecular weight excluding hydrogens is 312 g/mol. The van der Waals surface area contributed by atoms with E-state index in [4.69, 9.17) is 0 Å². The second-order valence-electron chi connectivity index (χ2n) is 10.9. The molecule has 0 amide bonds. The summed E-state index contributed by atoms with van der Waals surface area (Å²) in [7, 11) is 0. The molecule has 0 nitrogen and oxygen atoms in total. The van der Waals surface area contributed by atoms with E-state index in [0.29, 0.717) is 0 Å². The third kappa shape index (κ3) is 7.20. The van der Waals surface area contributed by atoms with Crippen molar-refractivity contribution in [3.8, 4) is 0 Å². The van der Waals surface area contributed by atoms with Gasteiger partial charge in [-0.3, -0.25) is 0 Å². The predicted molar refractivity (Wildman–Crippen MR) is 119 cm³/mol. The highest BCUT2D eigenvalue weighted by molar-refractivity contribution is 4.87. The van der Waals surface area contributed by atoms with Crippen LogP contribution < -0.4 is 0 Å². The number of rotatable bonds is 5. The van der Waals surface area contributed by atoms with Gasteiger partial charge in [0.2, 0.25) is 0 Å². The van der Waals surface area contributed by atoms with E-state index in [1.807, 2.05) is 0 Å². The molecular formula is C26H52. The van der Waals surface area contributed by atoms with Crippen LogP contribution in [0.2, 0.25) is 0 Å². The first-order valence-electron chi connectivity index (χ1n) is 12.2. The average molecular weight is 365 g/mol. The lowest BCUT2D eigenvalue weighted by molar-refractivity contribution is 0.0484. The highest BCUT2D eigenvalue weighted by Crippen LogP contribution is 2.45. The normalized spacial score (nSPS) is 37.6. The molecule has 0 N–H and O–H groups in total. The number of hydrogen-bond acceptors (Lipinski definition) is 0. The fourth-order valence-corrected chi connectivity index (χ4v) is 5.90. The third-order valence-corrected chi connectivity index (χ3v) is 8.16. The summed E-state index contributed by atoms with van der Waals surface area (Å²) in [6, 6.07) is 0. The van der Waals surface area contributed by atoms with Crippen molar-refractivity contribution in [2.75, 3.05) is 0 Å². The van der Waals surface area contributed by atoms with Gasteiger partial charge in [-0.05, 0) is 66.1 Å². The Morgan fingerprint density at radius 1 is 0.615 bits per heavy atom. The van der Waals surface area contributed by atoms with Gasteiger partial charge in [0, 0.05) is 0 Å². The summed E-state index contributed by atoms with van der Waals surface area (Å²) >= 11 is 0. The Balaban J connectivity index is 3.22. The minimum Gasteiger partial charge on any atom is -0.0651 e. The van der Waals surface area contributed by atoms with Crippen LogP contribution >= 0.6 is 0 Å². The van der Waals surface area contributed by atoms with Crippen molar-refractivity contribution in [3.63, 3.8) is 0 Å². The first-order chi connectivity index (χ1) is 12.2. The molecule has 0 aromatic rings. The summed E-state index contributed by atoms with van der Waals surface area (Å²) in [5.74, 6) is 7.99. The van der Waals surface area contributed by atoms with E-state index >= 15 is 0 Å². The quantitative estimate of drug-likeness (QED) is 0.457. The van der Waals surface area contributed by atoms with Gasteiger partial charge in [-0.2, -0.15) is 0 Å². The third-order valence-electron chi connectivity index (χ3n) is 8.16. The van der Waals surface area contributed by atoms with Crippen LogP contribution in [0.15, 0.2) is 0 Å². The topological polar surface area (TPSA) is 0 Å². The van der Waals surface area contributed by atoms with Gasteiger partial charge in [0.25, 0.3) is 0 Å². The van der Waals surface area contributed by atoms with E-state index in [1.165, 1.54) is 51.4 Å². The maximum Gasteiger partial charge on any atom is -0.0329 e. The van der Waals surface area contributed by atoms with Crippen molar-refractivity contribution in [1.29, 1.82) is 0 Å².